The maximum Gasteiger partial charge on any atom is 0.254 e. The molecule has 1 fully saturated rings. The minimum absolute atomic E-state index is 0.102. The summed E-state index contributed by atoms with van der Waals surface area (Å²) in [5.74, 6) is -1.12. The van der Waals surface area contributed by atoms with Crippen molar-refractivity contribution in [2.24, 2.45) is 5.73 Å². The quantitative estimate of drug-likeness (QED) is 0.867. The molecule has 1 aliphatic carbocycles. The minimum atomic E-state index is -0.541. The van der Waals surface area contributed by atoms with Crippen molar-refractivity contribution in [1.82, 2.24) is 4.90 Å². The zero-order valence-electron chi connectivity index (χ0n) is 10.7. The number of primary amides is 1. The molecule has 2 N–H and O–H groups in total. The second kappa shape index (κ2) is 3.79. The monoisotopic (exact) mass is 262 g/mol. The molecule has 2 aliphatic rings. The van der Waals surface area contributed by atoms with Crippen LogP contribution in [0.2, 0.25) is 0 Å². The van der Waals surface area contributed by atoms with Gasteiger partial charge in [0.1, 0.15) is 5.82 Å². The lowest BCUT2D eigenvalue weighted by Gasteiger charge is -2.34. The maximum absolute atomic E-state index is 14.3. The third-order valence-electron chi connectivity index (χ3n) is 4.08. The first-order chi connectivity index (χ1) is 8.94. The first-order valence-corrected chi connectivity index (χ1v) is 6.32. The number of rotatable bonds is 2. The van der Waals surface area contributed by atoms with E-state index in [0.717, 1.165) is 12.8 Å². The van der Waals surface area contributed by atoms with Crippen molar-refractivity contribution in [3.05, 3.63) is 34.6 Å². The van der Waals surface area contributed by atoms with Gasteiger partial charge in [-0.05, 0) is 31.4 Å². The van der Waals surface area contributed by atoms with Crippen LogP contribution in [0.4, 0.5) is 4.39 Å². The van der Waals surface area contributed by atoms with E-state index in [-0.39, 0.29) is 23.7 Å². The molecule has 1 saturated carbocycles. The van der Waals surface area contributed by atoms with Gasteiger partial charge in [-0.15, -0.1) is 0 Å². The molecular weight excluding hydrogens is 247 g/mol. The van der Waals surface area contributed by atoms with Gasteiger partial charge >= 0.3 is 0 Å². The zero-order chi connectivity index (χ0) is 13.8. The highest BCUT2D eigenvalue weighted by atomic mass is 19.1. The third-order valence-corrected chi connectivity index (χ3v) is 4.08. The highest BCUT2D eigenvalue weighted by Gasteiger charge is 2.53. The summed E-state index contributed by atoms with van der Waals surface area (Å²) in [6.07, 6.45) is 1.70. The number of fused-ring (bicyclic) bond motifs is 2. The molecule has 1 aliphatic heterocycles. The van der Waals surface area contributed by atoms with E-state index in [0.29, 0.717) is 23.2 Å². The molecule has 0 atom stereocenters. The molecule has 0 radical (unpaired) electrons. The van der Waals surface area contributed by atoms with E-state index in [2.05, 4.69) is 0 Å². The van der Waals surface area contributed by atoms with Crippen LogP contribution in [-0.2, 0) is 10.2 Å². The number of halogens is 1. The topological polar surface area (TPSA) is 63.4 Å². The molecule has 2 amide bonds. The van der Waals surface area contributed by atoms with Gasteiger partial charge < -0.3 is 10.6 Å². The molecule has 1 aromatic carbocycles. The van der Waals surface area contributed by atoms with Gasteiger partial charge in [-0.25, -0.2) is 4.39 Å². The SMILES string of the molecule is Cc1ccc2c(c1F)C1(CC1)CN(CC(N)=O)C2=O. The Hall–Kier alpha value is -1.91. The molecule has 1 heterocycles. The second-order valence-corrected chi connectivity index (χ2v) is 5.53. The molecular formula is C14H15FN2O2. The van der Waals surface area contributed by atoms with E-state index in [1.165, 1.54) is 4.90 Å². The fraction of sp³-hybridized carbons (Fsp3) is 0.429. The number of carbonyl (C=O) groups is 2. The van der Waals surface area contributed by atoms with Gasteiger partial charge in [-0.3, -0.25) is 9.59 Å². The lowest BCUT2D eigenvalue weighted by atomic mass is 9.85. The van der Waals surface area contributed by atoms with Crippen molar-refractivity contribution in [3.63, 3.8) is 0 Å². The zero-order valence-corrected chi connectivity index (χ0v) is 10.7. The summed E-state index contributed by atoms with van der Waals surface area (Å²) in [5.41, 5.74) is 6.34. The number of hydrogen-bond acceptors (Lipinski definition) is 2. The summed E-state index contributed by atoms with van der Waals surface area (Å²) in [6, 6.07) is 3.26. The Balaban J connectivity index is 2.11. The van der Waals surface area contributed by atoms with Crippen molar-refractivity contribution < 1.29 is 14.0 Å². The van der Waals surface area contributed by atoms with Crippen molar-refractivity contribution in [3.8, 4) is 0 Å². The molecule has 0 aromatic heterocycles. The average molecular weight is 262 g/mol. The highest BCUT2D eigenvalue weighted by Crippen LogP contribution is 2.53. The van der Waals surface area contributed by atoms with Crippen LogP contribution in [0.25, 0.3) is 0 Å². The van der Waals surface area contributed by atoms with Crippen LogP contribution >= 0.6 is 0 Å². The van der Waals surface area contributed by atoms with Gasteiger partial charge in [-0.2, -0.15) is 0 Å². The molecule has 4 nitrogen and oxygen atoms in total. The Labute approximate surface area is 110 Å². The first kappa shape index (κ1) is 12.1. The number of nitrogens with zero attached hydrogens (tertiary/aromatic N) is 1. The van der Waals surface area contributed by atoms with E-state index in [4.69, 9.17) is 5.73 Å². The van der Waals surface area contributed by atoms with Crippen molar-refractivity contribution in [2.75, 3.05) is 13.1 Å². The fourth-order valence-corrected chi connectivity index (χ4v) is 2.94. The van der Waals surface area contributed by atoms with Crippen molar-refractivity contribution in [2.45, 2.75) is 25.2 Å². The number of hydrogen-bond donors (Lipinski definition) is 1. The van der Waals surface area contributed by atoms with E-state index < -0.39 is 5.91 Å². The number of benzene rings is 1. The Morgan fingerprint density at radius 1 is 1.47 bits per heavy atom. The standard InChI is InChI=1S/C14H15FN2O2/c1-8-2-3-9-11(12(8)15)14(4-5-14)7-17(13(9)19)6-10(16)18/h2-3H,4-7H2,1H3,(H2,16,18). The summed E-state index contributed by atoms with van der Waals surface area (Å²) in [7, 11) is 0. The van der Waals surface area contributed by atoms with Crippen LogP contribution in [0.5, 0.6) is 0 Å². The van der Waals surface area contributed by atoms with Crippen LogP contribution < -0.4 is 5.73 Å². The molecule has 0 bridgehead atoms. The summed E-state index contributed by atoms with van der Waals surface area (Å²) in [6.45, 7) is 1.99. The van der Waals surface area contributed by atoms with Gasteiger partial charge in [0.15, 0.2) is 0 Å². The Bertz CT molecular complexity index is 593. The van der Waals surface area contributed by atoms with Gasteiger partial charge in [0.2, 0.25) is 5.91 Å². The van der Waals surface area contributed by atoms with Crippen molar-refractivity contribution in [1.29, 1.82) is 0 Å². The largest absolute Gasteiger partial charge is 0.368 e. The third kappa shape index (κ3) is 1.72. The number of amides is 2. The summed E-state index contributed by atoms with van der Waals surface area (Å²) in [4.78, 5) is 24.8. The summed E-state index contributed by atoms with van der Waals surface area (Å²) in [5, 5.41) is 0. The second-order valence-electron chi connectivity index (χ2n) is 5.53. The lowest BCUT2D eigenvalue weighted by Crippen LogP contribution is -2.47. The molecule has 3 rings (SSSR count). The van der Waals surface area contributed by atoms with E-state index in [1.807, 2.05) is 0 Å². The van der Waals surface area contributed by atoms with Crippen LogP contribution in [0.15, 0.2) is 12.1 Å². The maximum atomic E-state index is 14.3. The van der Waals surface area contributed by atoms with Crippen molar-refractivity contribution >= 4 is 11.8 Å². The highest BCUT2D eigenvalue weighted by molar-refractivity contribution is 5.99. The van der Waals surface area contributed by atoms with Gasteiger partial charge in [0.05, 0.1) is 6.54 Å². The molecule has 1 aromatic rings. The average Bonchev–Trinajstić information content (AvgIpc) is 3.09. The van der Waals surface area contributed by atoms with Crippen LogP contribution in [0.1, 0.15) is 34.3 Å². The molecule has 0 unspecified atom stereocenters. The number of aryl methyl sites for hydroxylation is 1. The fourth-order valence-electron chi connectivity index (χ4n) is 2.94. The first-order valence-electron chi connectivity index (χ1n) is 6.32. The predicted octanol–water partition coefficient (Wildman–Crippen LogP) is 1.11. The predicted molar refractivity (Wildman–Crippen MR) is 67.1 cm³/mol. The van der Waals surface area contributed by atoms with E-state index >= 15 is 0 Å². The Morgan fingerprint density at radius 3 is 2.74 bits per heavy atom. The summed E-state index contributed by atoms with van der Waals surface area (Å²) >= 11 is 0. The smallest absolute Gasteiger partial charge is 0.254 e. The normalized spacial score (nSPS) is 19.5. The number of carbonyl (C=O) groups excluding carboxylic acids is 2. The molecule has 19 heavy (non-hydrogen) atoms. The Morgan fingerprint density at radius 2 is 2.16 bits per heavy atom. The van der Waals surface area contributed by atoms with Gasteiger partial charge in [0.25, 0.3) is 5.91 Å². The van der Waals surface area contributed by atoms with E-state index in [1.54, 1.807) is 19.1 Å². The molecule has 1 spiro atoms. The summed E-state index contributed by atoms with van der Waals surface area (Å²) < 4.78 is 14.3. The van der Waals surface area contributed by atoms with Crippen LogP contribution in [-0.4, -0.2) is 29.8 Å². The molecule has 0 saturated heterocycles. The van der Waals surface area contributed by atoms with Gasteiger partial charge in [-0.1, -0.05) is 6.07 Å². The Kier molecular flexibility index (Phi) is 2.42. The molecule has 100 valence electrons. The molecule has 5 heteroatoms. The number of nitrogens with two attached hydrogens (primary N) is 1. The van der Waals surface area contributed by atoms with Crippen LogP contribution in [0.3, 0.4) is 0 Å². The van der Waals surface area contributed by atoms with E-state index in [9.17, 15) is 14.0 Å². The minimum Gasteiger partial charge on any atom is -0.368 e. The lowest BCUT2D eigenvalue weighted by molar-refractivity contribution is -0.118. The van der Waals surface area contributed by atoms with Crippen LogP contribution in [0, 0.1) is 12.7 Å². The van der Waals surface area contributed by atoms with Gasteiger partial charge in [0, 0.05) is 23.1 Å².